The molecule has 1 unspecified atom stereocenters. The second kappa shape index (κ2) is 5.73. The highest BCUT2D eigenvalue weighted by atomic mass is 16.4. The molecule has 5 heteroatoms. The van der Waals surface area contributed by atoms with Gasteiger partial charge in [0.05, 0.1) is 0 Å². The molecule has 0 spiro atoms. The topological polar surface area (TPSA) is 60.9 Å². The van der Waals surface area contributed by atoms with E-state index in [1.54, 1.807) is 4.90 Å². The number of carbonyl (C=O) groups excluding carboxylic acids is 1. The van der Waals surface area contributed by atoms with Crippen molar-refractivity contribution in [3.05, 3.63) is 30.3 Å². The van der Waals surface area contributed by atoms with Crippen LogP contribution < -0.4 is 4.90 Å². The molecule has 0 bridgehead atoms. The molecule has 1 aromatic carbocycles. The van der Waals surface area contributed by atoms with Crippen LogP contribution in [0.5, 0.6) is 0 Å². The molecule has 1 atom stereocenters. The molecule has 5 nitrogen and oxygen atoms in total. The van der Waals surface area contributed by atoms with E-state index in [4.69, 9.17) is 5.11 Å². The minimum absolute atomic E-state index is 0.291. The van der Waals surface area contributed by atoms with Gasteiger partial charge in [-0.15, -0.1) is 0 Å². The molecule has 0 aromatic heterocycles. The Morgan fingerprint density at radius 2 is 1.68 bits per heavy atom. The van der Waals surface area contributed by atoms with Crippen molar-refractivity contribution in [1.82, 2.24) is 4.90 Å². The average Bonchev–Trinajstić information content (AvgIpc) is 2.46. The lowest BCUT2D eigenvalue weighted by molar-refractivity contribution is -0.150. The highest BCUT2D eigenvalue weighted by molar-refractivity contribution is 5.96. The molecule has 1 aromatic rings. The first-order valence-corrected chi connectivity index (χ1v) is 6.41. The first-order valence-electron chi connectivity index (χ1n) is 6.41. The van der Waals surface area contributed by atoms with Gasteiger partial charge in [-0.1, -0.05) is 18.2 Å². The minimum atomic E-state index is -1.06. The second-order valence-electron chi connectivity index (χ2n) is 4.71. The number of benzene rings is 1. The fourth-order valence-corrected chi connectivity index (χ4v) is 2.20. The van der Waals surface area contributed by atoms with Crippen molar-refractivity contribution < 1.29 is 14.7 Å². The summed E-state index contributed by atoms with van der Waals surface area (Å²) in [5.74, 6) is -2.31. The molecule has 0 saturated carbocycles. The minimum Gasteiger partial charge on any atom is -0.481 e. The number of hydrogen-bond donors (Lipinski definition) is 1. The van der Waals surface area contributed by atoms with Crippen LogP contribution in [0.3, 0.4) is 0 Å². The molecular formula is C14H18N2O3. The Balaban J connectivity index is 1.93. The number of amides is 1. The Bertz CT molecular complexity index is 453. The van der Waals surface area contributed by atoms with Crippen LogP contribution in [0.15, 0.2) is 30.3 Å². The predicted octanol–water partition coefficient (Wildman–Crippen LogP) is 1.06. The van der Waals surface area contributed by atoms with Crippen molar-refractivity contribution in [3.8, 4) is 0 Å². The van der Waals surface area contributed by atoms with Crippen LogP contribution in [-0.2, 0) is 9.59 Å². The number of nitrogens with zero attached hydrogens (tertiary/aromatic N) is 2. The van der Waals surface area contributed by atoms with Gasteiger partial charge >= 0.3 is 5.97 Å². The molecule has 1 amide bonds. The molecule has 0 radical (unpaired) electrons. The third-order valence-corrected chi connectivity index (χ3v) is 3.45. The van der Waals surface area contributed by atoms with Crippen LogP contribution in [0.25, 0.3) is 0 Å². The van der Waals surface area contributed by atoms with Gasteiger partial charge in [0.2, 0.25) is 5.91 Å². The summed E-state index contributed by atoms with van der Waals surface area (Å²) in [5.41, 5.74) is 1.14. The summed E-state index contributed by atoms with van der Waals surface area (Å²) in [7, 11) is 0. The fourth-order valence-electron chi connectivity index (χ4n) is 2.20. The molecule has 1 fully saturated rings. The molecule has 1 aliphatic rings. The fraction of sp³-hybridized carbons (Fsp3) is 0.429. The monoisotopic (exact) mass is 262 g/mol. The van der Waals surface area contributed by atoms with Crippen molar-refractivity contribution in [2.75, 3.05) is 31.1 Å². The normalized spacial score (nSPS) is 17.1. The zero-order chi connectivity index (χ0) is 13.8. The van der Waals surface area contributed by atoms with Crippen molar-refractivity contribution in [3.63, 3.8) is 0 Å². The first-order chi connectivity index (χ1) is 9.09. The summed E-state index contributed by atoms with van der Waals surface area (Å²) >= 11 is 0. The third-order valence-electron chi connectivity index (χ3n) is 3.45. The van der Waals surface area contributed by atoms with Gasteiger partial charge in [-0.2, -0.15) is 0 Å². The van der Waals surface area contributed by atoms with E-state index in [1.165, 1.54) is 6.92 Å². The maximum atomic E-state index is 11.9. The summed E-state index contributed by atoms with van der Waals surface area (Å²) in [6.07, 6.45) is 0. The average molecular weight is 262 g/mol. The first kappa shape index (κ1) is 13.4. The smallest absolute Gasteiger partial charge is 0.315 e. The molecule has 0 aliphatic carbocycles. The number of carboxylic acids is 1. The van der Waals surface area contributed by atoms with Gasteiger partial charge in [0.15, 0.2) is 0 Å². The number of hydrogen-bond acceptors (Lipinski definition) is 3. The van der Waals surface area contributed by atoms with Crippen LogP contribution in [0, 0.1) is 5.92 Å². The van der Waals surface area contributed by atoms with E-state index in [0.29, 0.717) is 13.1 Å². The van der Waals surface area contributed by atoms with Crippen LogP contribution in [0.4, 0.5) is 5.69 Å². The van der Waals surface area contributed by atoms with Gasteiger partial charge in [0.1, 0.15) is 5.92 Å². The maximum Gasteiger partial charge on any atom is 0.315 e. The summed E-state index contributed by atoms with van der Waals surface area (Å²) in [5, 5.41) is 8.86. The maximum absolute atomic E-state index is 11.9. The molecule has 19 heavy (non-hydrogen) atoms. The van der Waals surface area contributed by atoms with Crippen molar-refractivity contribution in [2.45, 2.75) is 6.92 Å². The van der Waals surface area contributed by atoms with Gasteiger partial charge in [0, 0.05) is 31.9 Å². The third kappa shape index (κ3) is 3.05. The van der Waals surface area contributed by atoms with Crippen molar-refractivity contribution in [1.29, 1.82) is 0 Å². The van der Waals surface area contributed by atoms with E-state index in [-0.39, 0.29) is 5.91 Å². The molecule has 1 saturated heterocycles. The predicted molar refractivity (Wildman–Crippen MR) is 72.0 cm³/mol. The Labute approximate surface area is 112 Å². The van der Waals surface area contributed by atoms with Gasteiger partial charge in [0.25, 0.3) is 0 Å². The summed E-state index contributed by atoms with van der Waals surface area (Å²) in [4.78, 5) is 26.6. The van der Waals surface area contributed by atoms with Crippen LogP contribution >= 0.6 is 0 Å². The number of para-hydroxylation sites is 1. The molecule has 1 aliphatic heterocycles. The van der Waals surface area contributed by atoms with E-state index in [1.807, 2.05) is 30.3 Å². The molecule has 1 heterocycles. The highest BCUT2D eigenvalue weighted by Gasteiger charge is 2.28. The second-order valence-corrected chi connectivity index (χ2v) is 4.71. The molecule has 102 valence electrons. The summed E-state index contributed by atoms with van der Waals surface area (Å²) in [6, 6.07) is 10.0. The van der Waals surface area contributed by atoms with E-state index < -0.39 is 11.9 Å². The number of piperazine rings is 1. The van der Waals surface area contributed by atoms with E-state index >= 15 is 0 Å². The van der Waals surface area contributed by atoms with Crippen LogP contribution in [-0.4, -0.2) is 48.1 Å². The van der Waals surface area contributed by atoms with Crippen molar-refractivity contribution in [2.24, 2.45) is 5.92 Å². The highest BCUT2D eigenvalue weighted by Crippen LogP contribution is 2.16. The van der Waals surface area contributed by atoms with E-state index in [9.17, 15) is 9.59 Å². The van der Waals surface area contributed by atoms with Crippen molar-refractivity contribution >= 4 is 17.6 Å². The van der Waals surface area contributed by atoms with Gasteiger partial charge in [-0.05, 0) is 19.1 Å². The number of carbonyl (C=O) groups is 2. The van der Waals surface area contributed by atoms with Gasteiger partial charge in [-0.25, -0.2) is 0 Å². The number of aliphatic carboxylic acids is 1. The lowest BCUT2D eigenvalue weighted by Crippen LogP contribution is -2.51. The zero-order valence-corrected chi connectivity index (χ0v) is 11.0. The van der Waals surface area contributed by atoms with Gasteiger partial charge in [-0.3, -0.25) is 9.59 Å². The Morgan fingerprint density at radius 1 is 1.11 bits per heavy atom. The lowest BCUT2D eigenvalue weighted by Gasteiger charge is -2.36. The zero-order valence-electron chi connectivity index (χ0n) is 11.0. The standard InChI is InChI=1S/C14H18N2O3/c1-11(14(18)19)13(17)16-9-7-15(8-10-16)12-5-3-2-4-6-12/h2-6,11H,7-10H2,1H3,(H,18,19). The number of anilines is 1. The number of rotatable bonds is 3. The summed E-state index contributed by atoms with van der Waals surface area (Å²) < 4.78 is 0. The molecule has 2 rings (SSSR count). The summed E-state index contributed by atoms with van der Waals surface area (Å²) in [6.45, 7) is 4.06. The van der Waals surface area contributed by atoms with Crippen LogP contribution in [0.1, 0.15) is 6.92 Å². The Kier molecular flexibility index (Phi) is 4.04. The van der Waals surface area contributed by atoms with E-state index in [0.717, 1.165) is 18.8 Å². The van der Waals surface area contributed by atoms with E-state index in [2.05, 4.69) is 4.90 Å². The van der Waals surface area contributed by atoms with Crippen LogP contribution in [0.2, 0.25) is 0 Å². The lowest BCUT2D eigenvalue weighted by atomic mass is 10.1. The molecular weight excluding hydrogens is 244 g/mol. The Hall–Kier alpha value is -2.04. The largest absolute Gasteiger partial charge is 0.481 e. The Morgan fingerprint density at radius 3 is 2.21 bits per heavy atom. The van der Waals surface area contributed by atoms with Gasteiger partial charge < -0.3 is 14.9 Å². The molecule has 1 N–H and O–H groups in total. The quantitative estimate of drug-likeness (QED) is 0.827. The SMILES string of the molecule is CC(C(=O)O)C(=O)N1CCN(c2ccccc2)CC1. The number of carboxylic acid groups (broad SMARTS) is 1.